The van der Waals surface area contributed by atoms with Crippen molar-refractivity contribution in [2.75, 3.05) is 20.6 Å². The molecule has 138 valence electrons. The SMILES string of the molecule is CCN(Cc1ccc(C(=O)N(C)C)cc1)C(=O)CCn1ccccc1=O. The molecule has 1 heterocycles. The van der Waals surface area contributed by atoms with E-state index in [1.165, 1.54) is 15.5 Å². The minimum absolute atomic E-state index is 0.00306. The third-order valence-electron chi connectivity index (χ3n) is 4.18. The van der Waals surface area contributed by atoms with E-state index in [9.17, 15) is 14.4 Å². The molecule has 6 heteroatoms. The third kappa shape index (κ3) is 5.05. The van der Waals surface area contributed by atoms with Gasteiger partial charge in [-0.1, -0.05) is 18.2 Å². The van der Waals surface area contributed by atoms with Gasteiger partial charge >= 0.3 is 0 Å². The summed E-state index contributed by atoms with van der Waals surface area (Å²) in [4.78, 5) is 39.4. The van der Waals surface area contributed by atoms with Crippen LogP contribution in [0.15, 0.2) is 53.5 Å². The first-order valence-electron chi connectivity index (χ1n) is 8.66. The number of amides is 2. The van der Waals surface area contributed by atoms with Gasteiger partial charge in [0.15, 0.2) is 0 Å². The number of carbonyl (C=O) groups excluding carboxylic acids is 2. The second kappa shape index (κ2) is 8.99. The minimum atomic E-state index is -0.107. The molecule has 0 saturated heterocycles. The summed E-state index contributed by atoms with van der Waals surface area (Å²) in [5, 5.41) is 0. The molecule has 0 aliphatic heterocycles. The van der Waals surface area contributed by atoms with Crippen LogP contribution in [0.25, 0.3) is 0 Å². The van der Waals surface area contributed by atoms with Crippen molar-refractivity contribution in [3.63, 3.8) is 0 Å². The Labute approximate surface area is 153 Å². The predicted octanol–water partition coefficient (Wildman–Crippen LogP) is 1.99. The van der Waals surface area contributed by atoms with Gasteiger partial charge in [0.1, 0.15) is 0 Å². The molecule has 0 saturated carbocycles. The van der Waals surface area contributed by atoms with Crippen LogP contribution in [-0.2, 0) is 17.9 Å². The van der Waals surface area contributed by atoms with Crippen LogP contribution in [0.5, 0.6) is 0 Å². The minimum Gasteiger partial charge on any atom is -0.345 e. The summed E-state index contributed by atoms with van der Waals surface area (Å²) in [5.74, 6) is -0.0509. The van der Waals surface area contributed by atoms with Crippen LogP contribution in [0.2, 0.25) is 0 Å². The highest BCUT2D eigenvalue weighted by atomic mass is 16.2. The fourth-order valence-electron chi connectivity index (χ4n) is 2.63. The van der Waals surface area contributed by atoms with Crippen molar-refractivity contribution in [3.8, 4) is 0 Å². The summed E-state index contributed by atoms with van der Waals surface area (Å²) >= 11 is 0. The Morgan fingerprint density at radius 3 is 2.31 bits per heavy atom. The highest BCUT2D eigenvalue weighted by Gasteiger charge is 2.13. The van der Waals surface area contributed by atoms with E-state index >= 15 is 0 Å². The number of hydrogen-bond donors (Lipinski definition) is 0. The lowest BCUT2D eigenvalue weighted by molar-refractivity contribution is -0.131. The van der Waals surface area contributed by atoms with E-state index in [-0.39, 0.29) is 23.8 Å². The molecule has 2 amide bonds. The Morgan fingerprint density at radius 2 is 1.73 bits per heavy atom. The zero-order chi connectivity index (χ0) is 19.1. The van der Waals surface area contributed by atoms with Gasteiger partial charge in [-0.3, -0.25) is 14.4 Å². The number of hydrogen-bond acceptors (Lipinski definition) is 3. The molecule has 0 spiro atoms. The molecule has 0 bridgehead atoms. The molecule has 6 nitrogen and oxygen atoms in total. The summed E-state index contributed by atoms with van der Waals surface area (Å²) in [6.07, 6.45) is 1.96. The number of nitrogens with zero attached hydrogens (tertiary/aromatic N) is 3. The van der Waals surface area contributed by atoms with E-state index < -0.39 is 0 Å². The summed E-state index contributed by atoms with van der Waals surface area (Å²) in [5.41, 5.74) is 1.48. The van der Waals surface area contributed by atoms with E-state index in [1.54, 1.807) is 49.5 Å². The van der Waals surface area contributed by atoms with Gasteiger partial charge in [-0.2, -0.15) is 0 Å². The molecule has 0 aliphatic carbocycles. The van der Waals surface area contributed by atoms with Crippen LogP contribution in [0.1, 0.15) is 29.3 Å². The molecule has 0 radical (unpaired) electrons. The molecule has 1 aromatic heterocycles. The average molecular weight is 355 g/mol. The predicted molar refractivity (Wildman–Crippen MR) is 101 cm³/mol. The number of aryl methyl sites for hydroxylation is 1. The van der Waals surface area contributed by atoms with Crippen LogP contribution >= 0.6 is 0 Å². The third-order valence-corrected chi connectivity index (χ3v) is 4.18. The number of rotatable bonds is 7. The summed E-state index contributed by atoms with van der Waals surface area (Å²) in [6.45, 7) is 3.36. The Morgan fingerprint density at radius 1 is 1.04 bits per heavy atom. The van der Waals surface area contributed by atoms with Crippen molar-refractivity contribution < 1.29 is 9.59 Å². The topological polar surface area (TPSA) is 62.6 Å². The van der Waals surface area contributed by atoms with E-state index in [2.05, 4.69) is 0 Å². The fourth-order valence-corrected chi connectivity index (χ4v) is 2.63. The van der Waals surface area contributed by atoms with E-state index in [1.807, 2.05) is 19.1 Å². The summed E-state index contributed by atoms with van der Waals surface area (Å²) < 4.78 is 1.54. The van der Waals surface area contributed by atoms with Gasteiger partial charge in [0, 0.05) is 58.0 Å². The first kappa shape index (κ1) is 19.4. The Hall–Kier alpha value is -2.89. The molecular formula is C20H25N3O3. The number of aromatic nitrogens is 1. The van der Waals surface area contributed by atoms with Crippen LogP contribution in [-0.4, -0.2) is 46.8 Å². The lowest BCUT2D eigenvalue weighted by atomic mass is 10.1. The van der Waals surface area contributed by atoms with Gasteiger partial charge in [0.2, 0.25) is 5.91 Å². The maximum absolute atomic E-state index is 12.5. The monoisotopic (exact) mass is 355 g/mol. The van der Waals surface area contributed by atoms with E-state index in [0.29, 0.717) is 25.2 Å². The standard InChI is InChI=1S/C20H25N3O3/c1-4-22(19(25)12-14-23-13-6-5-7-18(23)24)15-16-8-10-17(11-9-16)20(26)21(2)3/h5-11,13H,4,12,14-15H2,1-3H3. The molecule has 0 atom stereocenters. The lowest BCUT2D eigenvalue weighted by Crippen LogP contribution is -2.32. The van der Waals surface area contributed by atoms with Gasteiger partial charge < -0.3 is 14.4 Å². The highest BCUT2D eigenvalue weighted by molar-refractivity contribution is 5.93. The average Bonchev–Trinajstić information content (AvgIpc) is 2.65. The van der Waals surface area contributed by atoms with Crippen LogP contribution in [0.3, 0.4) is 0 Å². The molecule has 0 unspecified atom stereocenters. The maximum atomic E-state index is 12.5. The molecule has 2 rings (SSSR count). The van der Waals surface area contributed by atoms with Crippen molar-refractivity contribution in [1.29, 1.82) is 0 Å². The molecule has 0 aliphatic rings. The Kier molecular flexibility index (Phi) is 6.72. The Bertz CT molecular complexity index is 810. The molecule has 1 aromatic carbocycles. The van der Waals surface area contributed by atoms with Crippen LogP contribution in [0.4, 0.5) is 0 Å². The molecule has 0 N–H and O–H groups in total. The maximum Gasteiger partial charge on any atom is 0.253 e. The van der Waals surface area contributed by atoms with Crippen molar-refractivity contribution in [3.05, 3.63) is 70.1 Å². The first-order chi connectivity index (χ1) is 12.4. The summed E-state index contributed by atoms with van der Waals surface area (Å²) in [6, 6.07) is 12.2. The van der Waals surface area contributed by atoms with Gasteiger partial charge in [0.25, 0.3) is 11.5 Å². The summed E-state index contributed by atoms with van der Waals surface area (Å²) in [7, 11) is 3.43. The first-order valence-corrected chi connectivity index (χ1v) is 8.66. The normalized spacial score (nSPS) is 10.4. The number of benzene rings is 1. The fraction of sp³-hybridized carbons (Fsp3) is 0.350. The second-order valence-corrected chi connectivity index (χ2v) is 6.29. The largest absolute Gasteiger partial charge is 0.345 e. The van der Waals surface area contributed by atoms with Crippen molar-refractivity contribution >= 4 is 11.8 Å². The van der Waals surface area contributed by atoms with Crippen molar-refractivity contribution in [2.45, 2.75) is 26.4 Å². The quantitative estimate of drug-likeness (QED) is 0.763. The molecule has 26 heavy (non-hydrogen) atoms. The Balaban J connectivity index is 1.97. The van der Waals surface area contributed by atoms with Gasteiger partial charge in [-0.15, -0.1) is 0 Å². The number of carbonyl (C=O) groups is 2. The molecule has 2 aromatic rings. The van der Waals surface area contributed by atoms with Crippen LogP contribution in [0, 0.1) is 0 Å². The van der Waals surface area contributed by atoms with Crippen molar-refractivity contribution in [2.24, 2.45) is 0 Å². The van der Waals surface area contributed by atoms with Gasteiger partial charge in [0.05, 0.1) is 0 Å². The lowest BCUT2D eigenvalue weighted by Gasteiger charge is -2.21. The molecular weight excluding hydrogens is 330 g/mol. The number of pyridine rings is 1. The zero-order valence-electron chi connectivity index (χ0n) is 15.5. The zero-order valence-corrected chi connectivity index (χ0v) is 15.5. The van der Waals surface area contributed by atoms with E-state index in [0.717, 1.165) is 5.56 Å². The molecule has 0 fully saturated rings. The van der Waals surface area contributed by atoms with Gasteiger partial charge in [-0.05, 0) is 30.7 Å². The van der Waals surface area contributed by atoms with Crippen LogP contribution < -0.4 is 5.56 Å². The highest BCUT2D eigenvalue weighted by Crippen LogP contribution is 2.10. The van der Waals surface area contributed by atoms with Crippen molar-refractivity contribution in [1.82, 2.24) is 14.4 Å². The van der Waals surface area contributed by atoms with Gasteiger partial charge in [-0.25, -0.2) is 0 Å². The van der Waals surface area contributed by atoms with E-state index in [4.69, 9.17) is 0 Å². The smallest absolute Gasteiger partial charge is 0.253 e. The second-order valence-electron chi connectivity index (χ2n) is 6.29.